The van der Waals surface area contributed by atoms with Gasteiger partial charge in [0, 0.05) is 23.8 Å². The van der Waals surface area contributed by atoms with E-state index in [4.69, 9.17) is 4.42 Å². The molecule has 0 aromatic carbocycles. The van der Waals surface area contributed by atoms with Gasteiger partial charge in [0.05, 0.1) is 16.6 Å². The molecule has 1 amide bonds. The summed E-state index contributed by atoms with van der Waals surface area (Å²) in [7, 11) is 0. The Morgan fingerprint density at radius 3 is 2.67 bits per heavy atom. The Morgan fingerprint density at radius 1 is 1.30 bits per heavy atom. The molecular formula is C22H34N4O2S2. The number of aromatic nitrogens is 2. The summed E-state index contributed by atoms with van der Waals surface area (Å²) in [5, 5.41) is 3.73. The summed E-state index contributed by atoms with van der Waals surface area (Å²) in [6.07, 6.45) is 7.37. The fourth-order valence-electron chi connectivity index (χ4n) is 3.44. The maximum atomic E-state index is 12.6. The quantitative estimate of drug-likeness (QED) is 0.440. The lowest BCUT2D eigenvalue weighted by Gasteiger charge is -2.33. The average Bonchev–Trinajstić information content (AvgIpc) is 3.34. The van der Waals surface area contributed by atoms with Crippen LogP contribution >= 0.6 is 23.1 Å². The molecule has 3 heterocycles. The third kappa shape index (κ3) is 6.56. The number of amides is 1. The minimum absolute atomic E-state index is 0.00505. The Hall–Kier alpha value is -1.38. The second kappa shape index (κ2) is 10.3. The van der Waals surface area contributed by atoms with Crippen LogP contribution in [0.3, 0.4) is 0 Å². The van der Waals surface area contributed by atoms with Gasteiger partial charge in [-0.2, -0.15) is 0 Å². The van der Waals surface area contributed by atoms with Crippen LogP contribution in [0.4, 0.5) is 5.13 Å². The summed E-state index contributed by atoms with van der Waals surface area (Å²) in [6, 6.07) is 0.552. The third-order valence-corrected chi connectivity index (χ3v) is 7.61. The zero-order chi connectivity index (χ0) is 21.7. The Balaban J connectivity index is 1.38. The van der Waals surface area contributed by atoms with Crippen LogP contribution in [0.2, 0.25) is 0 Å². The number of oxazole rings is 1. The van der Waals surface area contributed by atoms with Crippen LogP contribution in [0.25, 0.3) is 0 Å². The standard InChI is InChI=1S/C22H34N4O2S2/c1-15(2)26-10-8-16(9-11-26)20(27)25-21-24-14-19(30-21)29-12-6-7-18-23-13-17(28-18)22(3,4)5/h13-16H,6-12H2,1-5H3,(H,24,25,27). The van der Waals surface area contributed by atoms with Crippen LogP contribution in [-0.2, 0) is 16.6 Å². The van der Waals surface area contributed by atoms with Gasteiger partial charge in [-0.1, -0.05) is 32.1 Å². The van der Waals surface area contributed by atoms with Gasteiger partial charge in [0.15, 0.2) is 11.0 Å². The number of hydrogen-bond donors (Lipinski definition) is 1. The number of carbonyl (C=O) groups is 1. The van der Waals surface area contributed by atoms with Gasteiger partial charge in [0.2, 0.25) is 5.91 Å². The highest BCUT2D eigenvalue weighted by Gasteiger charge is 2.26. The summed E-state index contributed by atoms with van der Waals surface area (Å²) in [5.41, 5.74) is -0.00505. The first-order valence-electron chi connectivity index (χ1n) is 10.8. The molecule has 30 heavy (non-hydrogen) atoms. The molecule has 0 bridgehead atoms. The van der Waals surface area contributed by atoms with Crippen molar-refractivity contribution in [2.24, 2.45) is 5.92 Å². The predicted molar refractivity (Wildman–Crippen MR) is 124 cm³/mol. The van der Waals surface area contributed by atoms with Gasteiger partial charge in [0.25, 0.3) is 0 Å². The molecule has 1 fully saturated rings. The smallest absolute Gasteiger partial charge is 0.229 e. The van der Waals surface area contributed by atoms with Crippen molar-refractivity contribution in [1.82, 2.24) is 14.9 Å². The molecule has 0 saturated carbocycles. The van der Waals surface area contributed by atoms with E-state index in [9.17, 15) is 4.79 Å². The van der Waals surface area contributed by atoms with E-state index in [0.717, 1.165) is 60.4 Å². The fraction of sp³-hybridized carbons (Fsp3) is 0.682. The van der Waals surface area contributed by atoms with Crippen molar-refractivity contribution in [2.75, 3.05) is 24.2 Å². The molecule has 8 heteroatoms. The molecule has 0 atom stereocenters. The molecule has 1 N–H and O–H groups in total. The lowest BCUT2D eigenvalue weighted by molar-refractivity contribution is -0.121. The molecule has 0 radical (unpaired) electrons. The largest absolute Gasteiger partial charge is 0.445 e. The SMILES string of the molecule is CC(C)N1CCC(C(=O)Nc2ncc(SCCCc3ncc(C(C)(C)C)o3)s2)CC1. The maximum absolute atomic E-state index is 12.6. The summed E-state index contributed by atoms with van der Waals surface area (Å²) in [4.78, 5) is 23.8. The summed E-state index contributed by atoms with van der Waals surface area (Å²) < 4.78 is 6.97. The number of piperidine rings is 1. The number of carbonyl (C=O) groups excluding carboxylic acids is 1. The minimum atomic E-state index is -0.00505. The van der Waals surface area contributed by atoms with Crippen LogP contribution in [0, 0.1) is 5.92 Å². The molecule has 2 aromatic heterocycles. The number of thiazole rings is 1. The van der Waals surface area contributed by atoms with Crippen molar-refractivity contribution in [1.29, 1.82) is 0 Å². The predicted octanol–water partition coefficient (Wildman–Crippen LogP) is 5.21. The van der Waals surface area contributed by atoms with Crippen LogP contribution in [0.5, 0.6) is 0 Å². The first-order chi connectivity index (χ1) is 14.2. The van der Waals surface area contributed by atoms with Crippen molar-refractivity contribution >= 4 is 34.1 Å². The number of nitrogens with one attached hydrogen (secondary N) is 1. The van der Waals surface area contributed by atoms with E-state index >= 15 is 0 Å². The summed E-state index contributed by atoms with van der Waals surface area (Å²) in [6.45, 7) is 12.8. The number of aryl methyl sites for hydroxylation is 1. The molecule has 1 aliphatic rings. The van der Waals surface area contributed by atoms with Crippen molar-refractivity contribution in [2.45, 2.75) is 76.0 Å². The van der Waals surface area contributed by atoms with Crippen molar-refractivity contribution < 1.29 is 9.21 Å². The number of thioether (sulfide) groups is 1. The average molecular weight is 451 g/mol. The van der Waals surface area contributed by atoms with E-state index in [0.29, 0.717) is 11.2 Å². The van der Waals surface area contributed by atoms with Crippen molar-refractivity contribution in [3.05, 3.63) is 24.0 Å². The van der Waals surface area contributed by atoms with E-state index < -0.39 is 0 Å². The maximum Gasteiger partial charge on any atom is 0.229 e. The van der Waals surface area contributed by atoms with Gasteiger partial charge < -0.3 is 14.6 Å². The van der Waals surface area contributed by atoms with Crippen LogP contribution in [-0.4, -0.2) is 45.7 Å². The van der Waals surface area contributed by atoms with Gasteiger partial charge in [0.1, 0.15) is 5.76 Å². The van der Waals surface area contributed by atoms with Crippen molar-refractivity contribution in [3.63, 3.8) is 0 Å². The first kappa shape index (κ1) is 23.3. The molecule has 0 spiro atoms. The van der Waals surface area contributed by atoms with Crippen molar-refractivity contribution in [3.8, 4) is 0 Å². The minimum Gasteiger partial charge on any atom is -0.445 e. The Morgan fingerprint density at radius 2 is 2.03 bits per heavy atom. The van der Waals surface area contributed by atoms with Crippen LogP contribution < -0.4 is 5.32 Å². The Kier molecular flexibility index (Phi) is 7.98. The van der Waals surface area contributed by atoms with Crippen LogP contribution in [0.15, 0.2) is 21.0 Å². The molecule has 1 aliphatic heterocycles. The number of nitrogens with zero attached hydrogens (tertiary/aromatic N) is 3. The highest BCUT2D eigenvalue weighted by molar-refractivity contribution is 8.01. The normalized spacial score (nSPS) is 16.3. The first-order valence-corrected chi connectivity index (χ1v) is 12.6. The van der Waals surface area contributed by atoms with Crippen LogP contribution in [0.1, 0.15) is 65.5 Å². The highest BCUT2D eigenvalue weighted by atomic mass is 32.2. The van der Waals surface area contributed by atoms with Gasteiger partial charge in [-0.05, 0) is 52.0 Å². The molecular weight excluding hydrogens is 416 g/mol. The molecule has 2 aromatic rings. The Bertz CT molecular complexity index is 817. The summed E-state index contributed by atoms with van der Waals surface area (Å²) >= 11 is 3.32. The second-order valence-electron chi connectivity index (χ2n) is 9.20. The lowest BCUT2D eigenvalue weighted by atomic mass is 9.94. The zero-order valence-corrected chi connectivity index (χ0v) is 20.4. The monoisotopic (exact) mass is 450 g/mol. The van der Waals surface area contributed by atoms with E-state index in [-0.39, 0.29) is 17.2 Å². The molecule has 6 nitrogen and oxygen atoms in total. The molecule has 166 valence electrons. The molecule has 3 rings (SSSR count). The molecule has 1 saturated heterocycles. The highest BCUT2D eigenvalue weighted by Crippen LogP contribution is 2.30. The number of hydrogen-bond acceptors (Lipinski definition) is 7. The van der Waals surface area contributed by atoms with E-state index in [1.54, 1.807) is 23.1 Å². The Labute approximate surface area is 188 Å². The van der Waals surface area contributed by atoms with Gasteiger partial charge in [-0.25, -0.2) is 9.97 Å². The fourth-order valence-corrected chi connectivity index (χ4v) is 5.33. The molecule has 0 unspecified atom stereocenters. The second-order valence-corrected chi connectivity index (χ2v) is 11.6. The van der Waals surface area contributed by atoms with E-state index in [1.807, 2.05) is 12.4 Å². The zero-order valence-electron chi connectivity index (χ0n) is 18.7. The van der Waals surface area contributed by atoms with E-state index in [1.165, 1.54) is 0 Å². The topological polar surface area (TPSA) is 71.3 Å². The van der Waals surface area contributed by atoms with Gasteiger partial charge in [-0.15, -0.1) is 11.8 Å². The van der Waals surface area contributed by atoms with Gasteiger partial charge >= 0.3 is 0 Å². The third-order valence-electron chi connectivity index (χ3n) is 5.42. The molecule has 0 aliphatic carbocycles. The van der Waals surface area contributed by atoms with E-state index in [2.05, 4.69) is 54.8 Å². The lowest BCUT2D eigenvalue weighted by Crippen LogP contribution is -2.41. The summed E-state index contributed by atoms with van der Waals surface area (Å²) in [5.74, 6) is 2.92. The number of rotatable bonds is 8. The number of anilines is 1. The number of likely N-dealkylation sites (tertiary alicyclic amines) is 1. The van der Waals surface area contributed by atoms with Gasteiger partial charge in [-0.3, -0.25) is 4.79 Å².